The molecule has 126 valence electrons. The Kier molecular flexibility index (Phi) is 4.92. The Bertz CT molecular complexity index is 576. The minimum Gasteiger partial charge on any atom is -0.371 e. The van der Waals surface area contributed by atoms with Gasteiger partial charge in [-0.25, -0.2) is 8.78 Å². The van der Waals surface area contributed by atoms with Crippen LogP contribution in [0.1, 0.15) is 31.4 Å². The fourth-order valence-corrected chi connectivity index (χ4v) is 3.29. The molecule has 2 fully saturated rings. The topological polar surface area (TPSA) is 32.8 Å². The van der Waals surface area contributed by atoms with E-state index in [0.29, 0.717) is 25.3 Å². The molecule has 2 aliphatic heterocycles. The summed E-state index contributed by atoms with van der Waals surface area (Å²) in [6.45, 7) is 5.22. The van der Waals surface area contributed by atoms with Gasteiger partial charge in [0.05, 0.1) is 18.8 Å². The maximum absolute atomic E-state index is 13.4. The Morgan fingerprint density at radius 1 is 1.22 bits per heavy atom. The van der Waals surface area contributed by atoms with Crippen LogP contribution in [0.4, 0.5) is 8.78 Å². The molecule has 0 aromatic heterocycles. The molecular weight excluding hydrogens is 302 g/mol. The highest BCUT2D eigenvalue weighted by Gasteiger charge is 2.32. The number of halogens is 2. The van der Waals surface area contributed by atoms with Crippen molar-refractivity contribution in [1.29, 1.82) is 0 Å². The van der Waals surface area contributed by atoms with Crippen molar-refractivity contribution in [3.05, 3.63) is 35.4 Å². The van der Waals surface area contributed by atoms with Crippen molar-refractivity contribution in [3.8, 4) is 0 Å². The highest BCUT2D eigenvalue weighted by Crippen LogP contribution is 2.25. The van der Waals surface area contributed by atoms with Crippen molar-refractivity contribution in [3.63, 3.8) is 0 Å². The van der Waals surface area contributed by atoms with Crippen molar-refractivity contribution < 1.29 is 18.3 Å². The SMILES string of the molecule is C[C@H](C(=O)N1CCCC1)N1CCO[C@H](c2ccc(F)c(F)c2)C1. The summed E-state index contributed by atoms with van der Waals surface area (Å²) in [4.78, 5) is 16.5. The molecule has 1 aromatic carbocycles. The van der Waals surface area contributed by atoms with Gasteiger partial charge in [0.15, 0.2) is 11.6 Å². The van der Waals surface area contributed by atoms with E-state index in [2.05, 4.69) is 4.90 Å². The number of likely N-dealkylation sites (tertiary alicyclic amines) is 1. The number of carbonyl (C=O) groups is 1. The maximum atomic E-state index is 13.4. The summed E-state index contributed by atoms with van der Waals surface area (Å²) in [5.41, 5.74) is 0.606. The zero-order valence-corrected chi connectivity index (χ0v) is 13.3. The molecule has 0 unspecified atom stereocenters. The Morgan fingerprint density at radius 2 is 1.96 bits per heavy atom. The normalized spacial score (nSPS) is 24.0. The van der Waals surface area contributed by atoms with E-state index in [0.717, 1.165) is 32.0 Å². The summed E-state index contributed by atoms with van der Waals surface area (Å²) in [6.07, 6.45) is 1.80. The predicted molar refractivity (Wildman–Crippen MR) is 81.9 cm³/mol. The third kappa shape index (κ3) is 3.53. The summed E-state index contributed by atoms with van der Waals surface area (Å²) >= 11 is 0. The molecule has 0 N–H and O–H groups in total. The minimum atomic E-state index is -0.871. The largest absolute Gasteiger partial charge is 0.371 e. The summed E-state index contributed by atoms with van der Waals surface area (Å²) in [6, 6.07) is 3.62. The zero-order chi connectivity index (χ0) is 16.4. The van der Waals surface area contributed by atoms with E-state index in [1.807, 2.05) is 11.8 Å². The van der Waals surface area contributed by atoms with Crippen LogP contribution in [0, 0.1) is 11.6 Å². The van der Waals surface area contributed by atoms with E-state index in [4.69, 9.17) is 4.74 Å². The van der Waals surface area contributed by atoms with E-state index in [1.54, 1.807) is 6.07 Å². The van der Waals surface area contributed by atoms with E-state index in [-0.39, 0.29) is 18.1 Å². The van der Waals surface area contributed by atoms with Crippen molar-refractivity contribution >= 4 is 5.91 Å². The molecule has 0 spiro atoms. The van der Waals surface area contributed by atoms with Gasteiger partial charge in [-0.05, 0) is 37.5 Å². The Balaban J connectivity index is 1.67. The van der Waals surface area contributed by atoms with Crippen molar-refractivity contribution in [2.75, 3.05) is 32.8 Å². The molecule has 3 rings (SSSR count). The number of morpholine rings is 1. The molecule has 6 heteroatoms. The quantitative estimate of drug-likeness (QED) is 0.856. The molecule has 1 amide bonds. The average Bonchev–Trinajstić information content (AvgIpc) is 3.10. The number of carbonyl (C=O) groups excluding carboxylic acids is 1. The van der Waals surface area contributed by atoms with Crippen LogP contribution in [-0.4, -0.2) is 54.5 Å². The fourth-order valence-electron chi connectivity index (χ4n) is 3.29. The van der Waals surface area contributed by atoms with E-state index >= 15 is 0 Å². The zero-order valence-electron chi connectivity index (χ0n) is 13.3. The van der Waals surface area contributed by atoms with Gasteiger partial charge >= 0.3 is 0 Å². The highest BCUT2D eigenvalue weighted by atomic mass is 19.2. The second kappa shape index (κ2) is 6.93. The molecule has 2 heterocycles. The van der Waals surface area contributed by atoms with E-state index in [9.17, 15) is 13.6 Å². The van der Waals surface area contributed by atoms with Crippen LogP contribution in [0.3, 0.4) is 0 Å². The van der Waals surface area contributed by atoms with Gasteiger partial charge in [0.1, 0.15) is 0 Å². The van der Waals surface area contributed by atoms with Gasteiger partial charge in [-0.2, -0.15) is 0 Å². The lowest BCUT2D eigenvalue weighted by atomic mass is 10.1. The van der Waals surface area contributed by atoms with Crippen LogP contribution in [0.25, 0.3) is 0 Å². The maximum Gasteiger partial charge on any atom is 0.239 e. The number of amides is 1. The Hall–Kier alpha value is -1.53. The van der Waals surface area contributed by atoms with Gasteiger partial charge in [0.25, 0.3) is 0 Å². The molecule has 0 aliphatic carbocycles. The van der Waals surface area contributed by atoms with Crippen LogP contribution in [0.15, 0.2) is 18.2 Å². The minimum absolute atomic E-state index is 0.147. The lowest BCUT2D eigenvalue weighted by molar-refractivity contribution is -0.138. The van der Waals surface area contributed by atoms with Crippen LogP contribution in [0.2, 0.25) is 0 Å². The first kappa shape index (κ1) is 16.3. The molecule has 2 saturated heterocycles. The van der Waals surface area contributed by atoms with Crippen LogP contribution in [-0.2, 0) is 9.53 Å². The first-order valence-corrected chi connectivity index (χ1v) is 8.15. The smallest absolute Gasteiger partial charge is 0.239 e. The van der Waals surface area contributed by atoms with Gasteiger partial charge in [0.2, 0.25) is 5.91 Å². The van der Waals surface area contributed by atoms with Crippen LogP contribution in [0.5, 0.6) is 0 Å². The van der Waals surface area contributed by atoms with Gasteiger partial charge < -0.3 is 9.64 Å². The number of ether oxygens (including phenoxy) is 1. The predicted octanol–water partition coefficient (Wildman–Crippen LogP) is 2.35. The third-order valence-electron chi connectivity index (χ3n) is 4.74. The summed E-state index contributed by atoms with van der Waals surface area (Å²) in [5.74, 6) is -1.59. The second-order valence-corrected chi connectivity index (χ2v) is 6.24. The number of nitrogens with zero attached hydrogens (tertiary/aromatic N) is 2. The number of rotatable bonds is 3. The summed E-state index contributed by atoms with van der Waals surface area (Å²) in [5, 5.41) is 0. The lowest BCUT2D eigenvalue weighted by Crippen LogP contribution is -2.50. The molecule has 4 nitrogen and oxygen atoms in total. The van der Waals surface area contributed by atoms with E-state index in [1.165, 1.54) is 6.07 Å². The van der Waals surface area contributed by atoms with Gasteiger partial charge in [-0.1, -0.05) is 6.07 Å². The molecule has 23 heavy (non-hydrogen) atoms. The summed E-state index contributed by atoms with van der Waals surface area (Å²) in [7, 11) is 0. The molecule has 0 bridgehead atoms. The lowest BCUT2D eigenvalue weighted by Gasteiger charge is -2.37. The van der Waals surface area contributed by atoms with E-state index < -0.39 is 11.6 Å². The molecular formula is C17H22F2N2O2. The standard InChI is InChI=1S/C17H22F2N2O2/c1-12(17(22)20-6-2-3-7-20)21-8-9-23-16(11-21)13-4-5-14(18)15(19)10-13/h4-5,10,12,16H,2-3,6-9,11H2,1H3/t12-,16+/m1/s1. The number of hydrogen-bond acceptors (Lipinski definition) is 3. The first-order chi connectivity index (χ1) is 11.1. The molecule has 0 saturated carbocycles. The van der Waals surface area contributed by atoms with Crippen molar-refractivity contribution in [2.45, 2.75) is 31.9 Å². The van der Waals surface area contributed by atoms with Gasteiger partial charge in [0, 0.05) is 26.2 Å². The average molecular weight is 324 g/mol. The Labute approximate surface area is 135 Å². The van der Waals surface area contributed by atoms with Crippen LogP contribution >= 0.6 is 0 Å². The molecule has 2 aliphatic rings. The summed E-state index contributed by atoms with van der Waals surface area (Å²) < 4.78 is 32.2. The molecule has 1 aromatic rings. The third-order valence-corrected chi connectivity index (χ3v) is 4.74. The molecule has 2 atom stereocenters. The second-order valence-electron chi connectivity index (χ2n) is 6.24. The number of benzene rings is 1. The van der Waals surface area contributed by atoms with Gasteiger partial charge in [-0.15, -0.1) is 0 Å². The number of hydrogen-bond donors (Lipinski definition) is 0. The highest BCUT2D eigenvalue weighted by molar-refractivity contribution is 5.81. The molecule has 0 radical (unpaired) electrons. The van der Waals surface area contributed by atoms with Crippen LogP contribution < -0.4 is 0 Å². The monoisotopic (exact) mass is 324 g/mol. The first-order valence-electron chi connectivity index (χ1n) is 8.15. The van der Waals surface area contributed by atoms with Crippen molar-refractivity contribution in [2.24, 2.45) is 0 Å². The van der Waals surface area contributed by atoms with Gasteiger partial charge in [-0.3, -0.25) is 9.69 Å². The fraction of sp³-hybridized carbons (Fsp3) is 0.588. The Morgan fingerprint density at radius 3 is 2.65 bits per heavy atom. The van der Waals surface area contributed by atoms with Crippen molar-refractivity contribution in [1.82, 2.24) is 9.80 Å².